The summed E-state index contributed by atoms with van der Waals surface area (Å²) >= 11 is 0. The van der Waals surface area contributed by atoms with E-state index in [2.05, 4.69) is 51.3 Å². The van der Waals surface area contributed by atoms with Crippen LogP contribution in [-0.4, -0.2) is 54.7 Å². The number of nitrogens with one attached hydrogen (secondary N) is 1. The highest BCUT2D eigenvalue weighted by atomic mass is 32.2. The highest BCUT2D eigenvalue weighted by Crippen LogP contribution is 2.46. The van der Waals surface area contributed by atoms with E-state index in [1.165, 1.54) is 16.7 Å². The molecule has 2 aliphatic carbocycles. The number of fused-ring (bicyclic) bond motifs is 4. The van der Waals surface area contributed by atoms with Crippen molar-refractivity contribution in [2.45, 2.75) is 76.7 Å². The van der Waals surface area contributed by atoms with Gasteiger partial charge >= 0.3 is 0 Å². The van der Waals surface area contributed by atoms with E-state index in [0.29, 0.717) is 36.8 Å². The number of benzene rings is 2. The van der Waals surface area contributed by atoms with Gasteiger partial charge in [-0.25, -0.2) is 4.21 Å². The Labute approximate surface area is 261 Å². The molecule has 0 unspecified atom stereocenters. The number of aryl methyl sites for hydroxylation is 2. The third-order valence-corrected chi connectivity index (χ3v) is 11.9. The average molecular weight is 620 g/mol. The van der Waals surface area contributed by atoms with Gasteiger partial charge in [0.05, 0.1) is 24.2 Å². The summed E-state index contributed by atoms with van der Waals surface area (Å²) < 4.78 is 33.1. The minimum atomic E-state index is -3.29. The normalized spacial score (nSPS) is 30.9. The number of carbonyl (C=O) groups excluding carboxylic acids is 2. The molecule has 1 spiro atoms. The fourth-order valence-electron chi connectivity index (χ4n) is 7.52. The zero-order chi connectivity index (χ0) is 30.9. The molecule has 0 radical (unpaired) electrons. The molecule has 44 heavy (non-hydrogen) atoms. The van der Waals surface area contributed by atoms with Crippen molar-refractivity contribution in [2.75, 3.05) is 37.5 Å². The van der Waals surface area contributed by atoms with Gasteiger partial charge < -0.3 is 14.4 Å². The molecule has 1 N–H and O–H groups in total. The largest absolute Gasteiger partial charge is 0.490 e. The van der Waals surface area contributed by atoms with Crippen LogP contribution >= 0.6 is 0 Å². The monoisotopic (exact) mass is 619 g/mol. The van der Waals surface area contributed by atoms with Gasteiger partial charge in [-0.05, 0) is 93.0 Å². The number of rotatable bonds is 3. The third-order valence-electron chi connectivity index (χ3n) is 10.0. The molecule has 2 aliphatic heterocycles. The second kappa shape index (κ2) is 12.7. The van der Waals surface area contributed by atoms with E-state index in [1.807, 2.05) is 12.1 Å². The maximum Gasteiger partial charge on any atom is 0.286 e. The van der Waals surface area contributed by atoms with E-state index in [-0.39, 0.29) is 29.6 Å². The quantitative estimate of drug-likeness (QED) is 0.429. The predicted molar refractivity (Wildman–Crippen MR) is 174 cm³/mol. The average Bonchev–Trinajstić information content (AvgIpc) is 3.14. The SMILES string of the molecule is CCC(=O)N[S@@]1(=O)=NC(=O)c2ccc3c(c2)N(C[C@@H]2CC[C@H]2[C@@H](OC)/C=C/CCC1)C[C@@]1(CCCc2cc(C)ccc21)CO3. The Kier molecular flexibility index (Phi) is 8.88. The Morgan fingerprint density at radius 3 is 2.84 bits per heavy atom. The second-order valence-electron chi connectivity index (χ2n) is 13.0. The number of hydrogen-bond acceptors (Lipinski definition) is 6. The molecule has 6 rings (SSSR count). The number of allylic oxidation sites excluding steroid dienone is 1. The molecule has 1 fully saturated rings. The fourth-order valence-corrected chi connectivity index (χ4v) is 9.19. The number of carbonyl (C=O) groups is 2. The van der Waals surface area contributed by atoms with Crippen LogP contribution in [0, 0.1) is 18.8 Å². The Morgan fingerprint density at radius 2 is 2.07 bits per heavy atom. The van der Waals surface area contributed by atoms with Gasteiger partial charge in [0.15, 0.2) is 0 Å². The molecule has 2 bridgehead atoms. The van der Waals surface area contributed by atoms with Crippen molar-refractivity contribution >= 4 is 27.4 Å². The highest BCUT2D eigenvalue weighted by Gasteiger charge is 2.44. The van der Waals surface area contributed by atoms with Crippen LogP contribution in [-0.2, 0) is 31.3 Å². The zero-order valence-corrected chi connectivity index (χ0v) is 27.0. The maximum atomic E-state index is 13.8. The molecule has 0 saturated heterocycles. The van der Waals surface area contributed by atoms with Gasteiger partial charge in [0.2, 0.25) is 5.91 Å². The van der Waals surface area contributed by atoms with E-state index < -0.39 is 15.8 Å². The van der Waals surface area contributed by atoms with Gasteiger partial charge in [-0.15, -0.1) is 4.36 Å². The van der Waals surface area contributed by atoms with Gasteiger partial charge in [-0.3, -0.25) is 14.3 Å². The number of methoxy groups -OCH3 is 1. The first kappa shape index (κ1) is 30.8. The van der Waals surface area contributed by atoms with Gasteiger partial charge in [-0.2, -0.15) is 0 Å². The van der Waals surface area contributed by atoms with E-state index in [1.54, 1.807) is 20.1 Å². The topological polar surface area (TPSA) is 97.3 Å². The van der Waals surface area contributed by atoms with E-state index >= 15 is 0 Å². The van der Waals surface area contributed by atoms with Crippen LogP contribution in [0.25, 0.3) is 0 Å². The molecule has 2 aromatic rings. The molecule has 8 nitrogen and oxygen atoms in total. The number of nitrogens with zero attached hydrogens (tertiary/aromatic N) is 2. The standard InChI is InChI=1S/C35H45N3O5S/c1-4-33(39)36-44(41)18-7-5-6-10-31(42-3)28-14-12-27(28)21-38-22-35(17-8-9-25-19-24(2)11-15-29(25)35)23-43-32-16-13-26(20-30(32)38)34(40)37-44/h6,10-11,13,15-16,19-20,27-28,31H,4-5,7-9,12,14,17-18,21-23H2,1-3H3,(H,36,37,39,40,41)/b10-6+/t27-,28+,31-,35-,44+/m0/s1. The lowest BCUT2D eigenvalue weighted by molar-refractivity contribution is -0.118. The molecule has 236 valence electrons. The second-order valence-corrected chi connectivity index (χ2v) is 15.1. The van der Waals surface area contributed by atoms with Crippen molar-refractivity contribution < 1.29 is 23.3 Å². The summed E-state index contributed by atoms with van der Waals surface area (Å²) in [5.41, 5.74) is 5.10. The third kappa shape index (κ3) is 6.18. The van der Waals surface area contributed by atoms with E-state index in [0.717, 1.165) is 56.6 Å². The van der Waals surface area contributed by atoms with Gasteiger partial charge in [0.1, 0.15) is 15.7 Å². The molecule has 1 saturated carbocycles. The molecule has 2 heterocycles. The van der Waals surface area contributed by atoms with Crippen LogP contribution in [0.3, 0.4) is 0 Å². The molecule has 5 atom stereocenters. The molecule has 4 aliphatic rings. The van der Waals surface area contributed by atoms with Crippen LogP contribution in [0.15, 0.2) is 52.9 Å². The van der Waals surface area contributed by atoms with Crippen LogP contribution in [0.5, 0.6) is 5.75 Å². The van der Waals surface area contributed by atoms with Crippen molar-refractivity contribution in [3.05, 3.63) is 70.8 Å². The summed E-state index contributed by atoms with van der Waals surface area (Å²) in [6, 6.07) is 12.3. The molecular weight excluding hydrogens is 574 g/mol. The minimum absolute atomic E-state index is 0.00144. The van der Waals surface area contributed by atoms with E-state index in [4.69, 9.17) is 9.47 Å². The Hall–Kier alpha value is -3.17. The first-order valence-corrected chi connectivity index (χ1v) is 17.8. The Morgan fingerprint density at radius 1 is 1.20 bits per heavy atom. The summed E-state index contributed by atoms with van der Waals surface area (Å²) in [7, 11) is -1.51. The summed E-state index contributed by atoms with van der Waals surface area (Å²) in [5.74, 6) is 0.699. The van der Waals surface area contributed by atoms with Crippen LogP contribution < -0.4 is 14.4 Å². The van der Waals surface area contributed by atoms with Gasteiger partial charge in [-0.1, -0.05) is 42.8 Å². The van der Waals surface area contributed by atoms with Crippen molar-refractivity contribution in [3.63, 3.8) is 0 Å². The fraction of sp³-hybridized carbons (Fsp3) is 0.543. The van der Waals surface area contributed by atoms with Gasteiger partial charge in [0.25, 0.3) is 5.91 Å². The Bertz CT molecular complexity index is 1580. The summed E-state index contributed by atoms with van der Waals surface area (Å²) in [5, 5.41) is 0. The van der Waals surface area contributed by atoms with Crippen LogP contribution in [0.1, 0.15) is 78.9 Å². The molecule has 9 heteroatoms. The number of anilines is 1. The lowest BCUT2D eigenvalue weighted by atomic mass is 9.68. The highest BCUT2D eigenvalue weighted by molar-refractivity contribution is 7.92. The van der Waals surface area contributed by atoms with Gasteiger partial charge in [0, 0.05) is 37.6 Å². The number of ether oxygens (including phenoxy) is 2. The smallest absolute Gasteiger partial charge is 0.286 e. The first-order valence-electron chi connectivity index (χ1n) is 16.1. The van der Waals surface area contributed by atoms with Crippen molar-refractivity contribution in [1.29, 1.82) is 0 Å². The lowest BCUT2D eigenvalue weighted by Gasteiger charge is -2.46. The molecule has 2 amide bonds. The predicted octanol–water partition coefficient (Wildman–Crippen LogP) is 5.91. The van der Waals surface area contributed by atoms with Crippen LogP contribution in [0.4, 0.5) is 5.69 Å². The summed E-state index contributed by atoms with van der Waals surface area (Å²) in [4.78, 5) is 28.3. The zero-order valence-electron chi connectivity index (χ0n) is 26.2. The Balaban J connectivity index is 1.44. The number of hydrogen-bond donors (Lipinski definition) is 1. The molecular formula is C35H45N3O5S. The van der Waals surface area contributed by atoms with E-state index in [9.17, 15) is 13.8 Å². The summed E-state index contributed by atoms with van der Waals surface area (Å²) in [6.07, 6.45) is 11.0. The maximum absolute atomic E-state index is 13.8. The van der Waals surface area contributed by atoms with Crippen molar-refractivity contribution in [3.8, 4) is 5.75 Å². The van der Waals surface area contributed by atoms with Crippen LogP contribution in [0.2, 0.25) is 0 Å². The number of amides is 2. The lowest BCUT2D eigenvalue weighted by Crippen LogP contribution is -2.49. The minimum Gasteiger partial charge on any atom is -0.490 e. The molecule has 0 aromatic heterocycles. The van der Waals surface area contributed by atoms with Crippen molar-refractivity contribution in [1.82, 2.24) is 4.72 Å². The first-order chi connectivity index (χ1) is 21.2. The molecule has 2 aromatic carbocycles. The summed E-state index contributed by atoms with van der Waals surface area (Å²) in [6.45, 7) is 6.02. The van der Waals surface area contributed by atoms with Crippen molar-refractivity contribution in [2.24, 2.45) is 16.2 Å².